The van der Waals surface area contributed by atoms with E-state index in [-0.39, 0.29) is 0 Å². The Labute approximate surface area is 121 Å². The van der Waals surface area contributed by atoms with Gasteiger partial charge in [-0.05, 0) is 25.3 Å². The summed E-state index contributed by atoms with van der Waals surface area (Å²) in [6, 6.07) is 2.93. The Hall–Kier alpha value is -1.03. The van der Waals surface area contributed by atoms with Crippen LogP contribution in [0.1, 0.15) is 50.3 Å². The number of nitrogens with one attached hydrogen (secondary N) is 2. The molecule has 4 heteroatoms. The maximum Gasteiger partial charge on any atom is 0.124 e. The van der Waals surface area contributed by atoms with Crippen LogP contribution in [-0.2, 0) is 6.42 Å². The van der Waals surface area contributed by atoms with Crippen molar-refractivity contribution in [2.24, 2.45) is 11.8 Å². The van der Waals surface area contributed by atoms with E-state index in [4.69, 9.17) is 5.10 Å². The lowest BCUT2D eigenvalue weighted by atomic mass is 9.86. The average molecular weight is 274 g/mol. The normalized spacial score (nSPS) is 30.4. The first-order chi connectivity index (χ1) is 9.90. The smallest absolute Gasteiger partial charge is 0.124 e. The first kappa shape index (κ1) is 12.7. The van der Waals surface area contributed by atoms with Crippen molar-refractivity contribution < 1.29 is 0 Å². The fourth-order valence-electron chi connectivity index (χ4n) is 4.29. The van der Waals surface area contributed by atoms with Crippen LogP contribution < -0.4 is 10.6 Å². The number of aromatic nitrogens is 2. The lowest BCUT2D eigenvalue weighted by Gasteiger charge is -2.37. The number of nitrogens with zero attached hydrogens (tertiary/aromatic N) is 2. The van der Waals surface area contributed by atoms with Crippen LogP contribution in [0.5, 0.6) is 0 Å². The van der Waals surface area contributed by atoms with Crippen LogP contribution in [0.25, 0.3) is 0 Å². The Balaban J connectivity index is 1.51. The molecule has 110 valence electrons. The van der Waals surface area contributed by atoms with Crippen LogP contribution in [0.15, 0.2) is 6.07 Å². The maximum absolute atomic E-state index is 4.96. The molecule has 1 saturated heterocycles. The summed E-state index contributed by atoms with van der Waals surface area (Å²) in [5, 5.41) is 12.0. The van der Waals surface area contributed by atoms with Gasteiger partial charge in [0.2, 0.25) is 0 Å². The number of rotatable bonds is 2. The molecular formula is C16H26N4. The predicted molar refractivity (Wildman–Crippen MR) is 81.0 cm³/mol. The van der Waals surface area contributed by atoms with Crippen molar-refractivity contribution >= 4 is 5.82 Å². The summed E-state index contributed by atoms with van der Waals surface area (Å²) in [5.74, 6) is 2.85. The van der Waals surface area contributed by atoms with E-state index in [9.17, 15) is 0 Å². The van der Waals surface area contributed by atoms with Crippen molar-refractivity contribution in [3.8, 4) is 0 Å². The Kier molecular flexibility index (Phi) is 3.42. The average Bonchev–Trinajstić information content (AvgIpc) is 2.91. The molecule has 0 aromatic carbocycles. The topological polar surface area (TPSA) is 41.9 Å². The van der Waals surface area contributed by atoms with Crippen molar-refractivity contribution in [1.82, 2.24) is 15.1 Å². The number of hydrogen-bond donors (Lipinski definition) is 2. The predicted octanol–water partition coefficient (Wildman–Crippen LogP) is 2.58. The van der Waals surface area contributed by atoms with E-state index in [1.54, 1.807) is 0 Å². The highest BCUT2D eigenvalue weighted by atomic mass is 15.4. The highest BCUT2D eigenvalue weighted by molar-refractivity contribution is 5.40. The Morgan fingerprint density at radius 1 is 1.15 bits per heavy atom. The molecule has 2 aliphatic heterocycles. The summed E-state index contributed by atoms with van der Waals surface area (Å²) >= 11 is 0. The highest BCUT2D eigenvalue weighted by Crippen LogP contribution is 2.34. The van der Waals surface area contributed by atoms with Gasteiger partial charge < -0.3 is 10.6 Å². The number of piperidine rings is 1. The Morgan fingerprint density at radius 3 is 2.95 bits per heavy atom. The molecule has 20 heavy (non-hydrogen) atoms. The minimum absolute atomic E-state index is 0.618. The fraction of sp³-hybridized carbons (Fsp3) is 0.812. The van der Waals surface area contributed by atoms with Gasteiger partial charge in [-0.15, -0.1) is 0 Å². The van der Waals surface area contributed by atoms with Gasteiger partial charge in [-0.25, -0.2) is 4.68 Å². The Morgan fingerprint density at radius 2 is 2.05 bits per heavy atom. The van der Waals surface area contributed by atoms with Crippen LogP contribution in [0, 0.1) is 11.8 Å². The van der Waals surface area contributed by atoms with Gasteiger partial charge in [0, 0.05) is 25.1 Å². The minimum Gasteiger partial charge on any atom is -0.370 e. The highest BCUT2D eigenvalue weighted by Gasteiger charge is 2.32. The lowest BCUT2D eigenvalue weighted by molar-refractivity contribution is 0.236. The first-order valence-electron chi connectivity index (χ1n) is 8.43. The van der Waals surface area contributed by atoms with Gasteiger partial charge in [-0.3, -0.25) is 0 Å². The van der Waals surface area contributed by atoms with Crippen molar-refractivity contribution in [2.75, 3.05) is 25.0 Å². The van der Waals surface area contributed by atoms with Crippen LogP contribution in [0.2, 0.25) is 0 Å². The zero-order chi connectivity index (χ0) is 13.4. The third kappa shape index (κ3) is 2.34. The number of fused-ring (bicyclic) bond motifs is 3. The van der Waals surface area contributed by atoms with E-state index in [0.29, 0.717) is 12.0 Å². The van der Waals surface area contributed by atoms with Gasteiger partial charge in [-0.1, -0.05) is 32.1 Å². The van der Waals surface area contributed by atoms with Crippen LogP contribution in [0.4, 0.5) is 5.82 Å². The summed E-state index contributed by atoms with van der Waals surface area (Å²) in [7, 11) is 0. The third-order valence-electron chi connectivity index (χ3n) is 5.44. The van der Waals surface area contributed by atoms with E-state index < -0.39 is 0 Å². The molecule has 2 fully saturated rings. The van der Waals surface area contributed by atoms with Gasteiger partial charge >= 0.3 is 0 Å². The third-order valence-corrected chi connectivity index (χ3v) is 5.44. The molecule has 3 aliphatic rings. The second-order valence-corrected chi connectivity index (χ2v) is 6.87. The molecule has 1 saturated carbocycles. The maximum atomic E-state index is 4.96. The van der Waals surface area contributed by atoms with Crippen LogP contribution >= 0.6 is 0 Å². The van der Waals surface area contributed by atoms with Crippen molar-refractivity contribution in [2.45, 2.75) is 51.0 Å². The van der Waals surface area contributed by atoms with Gasteiger partial charge in [0.25, 0.3) is 0 Å². The molecule has 4 nitrogen and oxygen atoms in total. The molecule has 4 rings (SSSR count). The molecule has 3 heterocycles. The fourth-order valence-corrected chi connectivity index (χ4v) is 4.29. The standard InChI is InChI=1S/C16H26N4/c1-2-4-12(5-3-1)8-14-9-16-18-11-13-10-17-7-6-15(13)20(16)19-14/h9,12-13,15,17-18H,1-8,10-11H2. The second kappa shape index (κ2) is 5.40. The second-order valence-electron chi connectivity index (χ2n) is 6.87. The van der Waals surface area contributed by atoms with E-state index in [1.807, 2.05) is 0 Å². The van der Waals surface area contributed by atoms with E-state index in [0.717, 1.165) is 25.6 Å². The number of anilines is 1. The molecule has 1 aliphatic carbocycles. The zero-order valence-corrected chi connectivity index (χ0v) is 12.3. The lowest BCUT2D eigenvalue weighted by Crippen LogP contribution is -2.44. The molecule has 1 aromatic rings. The summed E-state index contributed by atoms with van der Waals surface area (Å²) in [6.07, 6.45) is 9.52. The van der Waals surface area contributed by atoms with Crippen molar-refractivity contribution in [3.63, 3.8) is 0 Å². The zero-order valence-electron chi connectivity index (χ0n) is 12.3. The molecule has 0 amide bonds. The SMILES string of the molecule is c1c(CC2CCCCC2)nn2c1NCC1CNCCC12. The summed E-state index contributed by atoms with van der Waals surface area (Å²) in [4.78, 5) is 0. The first-order valence-corrected chi connectivity index (χ1v) is 8.43. The summed E-state index contributed by atoms with van der Waals surface area (Å²) < 4.78 is 2.30. The van der Waals surface area contributed by atoms with Crippen molar-refractivity contribution in [1.29, 1.82) is 0 Å². The molecule has 2 atom stereocenters. The monoisotopic (exact) mass is 274 g/mol. The molecule has 0 bridgehead atoms. The molecule has 2 unspecified atom stereocenters. The van der Waals surface area contributed by atoms with Crippen LogP contribution in [-0.4, -0.2) is 29.4 Å². The van der Waals surface area contributed by atoms with Crippen molar-refractivity contribution in [3.05, 3.63) is 11.8 Å². The van der Waals surface area contributed by atoms with Gasteiger partial charge in [0.1, 0.15) is 5.82 Å². The van der Waals surface area contributed by atoms with Gasteiger partial charge in [0.05, 0.1) is 11.7 Å². The molecule has 1 aromatic heterocycles. The Bertz CT molecular complexity index is 461. The molecule has 0 spiro atoms. The quantitative estimate of drug-likeness (QED) is 0.871. The van der Waals surface area contributed by atoms with Crippen LogP contribution in [0.3, 0.4) is 0 Å². The van der Waals surface area contributed by atoms with E-state index in [1.165, 1.54) is 56.5 Å². The van der Waals surface area contributed by atoms with E-state index >= 15 is 0 Å². The number of hydrogen-bond acceptors (Lipinski definition) is 3. The summed E-state index contributed by atoms with van der Waals surface area (Å²) in [6.45, 7) is 3.37. The molecular weight excluding hydrogens is 248 g/mol. The molecule has 0 radical (unpaired) electrons. The largest absolute Gasteiger partial charge is 0.370 e. The van der Waals surface area contributed by atoms with Gasteiger partial charge in [-0.2, -0.15) is 5.10 Å². The van der Waals surface area contributed by atoms with E-state index in [2.05, 4.69) is 21.4 Å². The minimum atomic E-state index is 0.618. The summed E-state index contributed by atoms with van der Waals surface area (Å²) in [5.41, 5.74) is 1.32. The molecule has 2 N–H and O–H groups in total. The van der Waals surface area contributed by atoms with Gasteiger partial charge in [0.15, 0.2) is 0 Å².